The summed E-state index contributed by atoms with van der Waals surface area (Å²) in [5, 5.41) is 2.14. The molecule has 0 saturated heterocycles. The number of fused-ring (bicyclic) bond motifs is 4. The molecule has 2 atom stereocenters. The van der Waals surface area contributed by atoms with Crippen molar-refractivity contribution < 1.29 is 0 Å². The number of anilines is 1. The molecule has 132 valence electrons. The molecule has 1 fully saturated rings. The maximum absolute atomic E-state index is 6.74. The van der Waals surface area contributed by atoms with Crippen LogP contribution in [0.4, 0.5) is 5.69 Å². The molecule has 2 nitrogen and oxygen atoms in total. The Bertz CT molecular complexity index is 702. The summed E-state index contributed by atoms with van der Waals surface area (Å²) in [4.78, 5) is 0. The Morgan fingerprint density at radius 3 is 1.92 bits per heavy atom. The smallest absolute Gasteiger partial charge is 0.0627 e. The molecule has 1 aliphatic heterocycles. The number of nitrogens with zero attached hydrogens (tertiary/aromatic N) is 1. The summed E-state index contributed by atoms with van der Waals surface area (Å²) in [5.41, 5.74) is 6.66. The highest BCUT2D eigenvalue weighted by Crippen LogP contribution is 2.59. The maximum Gasteiger partial charge on any atom is 0.0627 e. The van der Waals surface area contributed by atoms with Crippen molar-refractivity contribution in [3.63, 3.8) is 0 Å². The first-order chi connectivity index (χ1) is 11.0. The van der Waals surface area contributed by atoms with Crippen molar-refractivity contribution in [3.05, 3.63) is 28.8 Å². The molecule has 0 radical (unpaired) electrons. The Labute approximate surface area is 147 Å². The van der Waals surface area contributed by atoms with Crippen LogP contribution in [0.1, 0.15) is 96.8 Å². The van der Waals surface area contributed by atoms with Gasteiger partial charge in [-0.15, -0.1) is 0 Å². The van der Waals surface area contributed by atoms with Gasteiger partial charge in [0.2, 0.25) is 0 Å². The molecular formula is C22H34N2. The van der Waals surface area contributed by atoms with Gasteiger partial charge in [0.15, 0.2) is 0 Å². The highest BCUT2D eigenvalue weighted by atomic mass is 15.5. The molecule has 3 aliphatic rings. The first kappa shape index (κ1) is 16.4. The lowest BCUT2D eigenvalue weighted by molar-refractivity contribution is 0.184. The van der Waals surface area contributed by atoms with E-state index in [2.05, 4.69) is 58.7 Å². The molecule has 2 aliphatic carbocycles. The monoisotopic (exact) mass is 326 g/mol. The summed E-state index contributed by atoms with van der Waals surface area (Å²) in [6, 6.07) is 5.02. The number of hydrogen-bond acceptors (Lipinski definition) is 2. The zero-order chi connectivity index (χ0) is 17.5. The van der Waals surface area contributed by atoms with Crippen molar-refractivity contribution in [2.45, 2.75) is 102 Å². The van der Waals surface area contributed by atoms with Crippen molar-refractivity contribution in [2.75, 3.05) is 5.01 Å². The highest BCUT2D eigenvalue weighted by Gasteiger charge is 2.57. The molecule has 2 unspecified atom stereocenters. The van der Waals surface area contributed by atoms with E-state index in [1.54, 1.807) is 5.56 Å². The van der Waals surface area contributed by atoms with Crippen LogP contribution in [0.5, 0.6) is 0 Å². The maximum atomic E-state index is 6.74. The molecular weight excluding hydrogens is 292 g/mol. The van der Waals surface area contributed by atoms with Crippen LogP contribution in [0, 0.1) is 0 Å². The first-order valence-electron chi connectivity index (χ1n) is 9.77. The van der Waals surface area contributed by atoms with E-state index in [0.717, 1.165) is 0 Å². The molecule has 1 saturated carbocycles. The van der Waals surface area contributed by atoms with Gasteiger partial charge in [0.1, 0.15) is 0 Å². The van der Waals surface area contributed by atoms with Gasteiger partial charge >= 0.3 is 0 Å². The molecule has 24 heavy (non-hydrogen) atoms. The quantitative estimate of drug-likeness (QED) is 0.654. The molecule has 1 heterocycles. The molecule has 0 amide bonds. The highest BCUT2D eigenvalue weighted by molar-refractivity contribution is 5.69. The Kier molecular flexibility index (Phi) is 3.14. The Balaban J connectivity index is 1.99. The number of benzene rings is 1. The fourth-order valence-corrected chi connectivity index (χ4v) is 5.81. The van der Waals surface area contributed by atoms with E-state index in [1.807, 2.05) is 0 Å². The summed E-state index contributed by atoms with van der Waals surface area (Å²) in [7, 11) is 0. The minimum atomic E-state index is 0.0613. The molecule has 1 aromatic rings. The lowest BCUT2D eigenvalue weighted by Gasteiger charge is -2.48. The predicted octanol–water partition coefficient (Wildman–Crippen LogP) is 5.32. The third-order valence-corrected chi connectivity index (χ3v) is 8.13. The van der Waals surface area contributed by atoms with E-state index in [-0.39, 0.29) is 21.8 Å². The Morgan fingerprint density at radius 1 is 0.750 bits per heavy atom. The standard InChI is InChI=1S/C22H34N2/c1-19(2)11-12-20(3,4)16-14-18-17(13-15(16)19)21(5)9-7-8-10-22(21,6)24(18)23/h13-14H,7-12,23H2,1-6H3. The van der Waals surface area contributed by atoms with Crippen molar-refractivity contribution in [1.82, 2.24) is 0 Å². The molecule has 2 N–H and O–H groups in total. The van der Waals surface area contributed by atoms with Crippen molar-refractivity contribution in [1.29, 1.82) is 0 Å². The van der Waals surface area contributed by atoms with Gasteiger partial charge in [-0.2, -0.15) is 0 Å². The third kappa shape index (κ3) is 1.81. The van der Waals surface area contributed by atoms with Crippen LogP contribution in [0.15, 0.2) is 12.1 Å². The summed E-state index contributed by atoms with van der Waals surface area (Å²) in [6.07, 6.45) is 7.60. The Hall–Kier alpha value is -1.02. The van der Waals surface area contributed by atoms with E-state index in [4.69, 9.17) is 5.84 Å². The second-order valence-corrected chi connectivity index (χ2v) is 10.4. The summed E-state index contributed by atoms with van der Waals surface area (Å²) in [6.45, 7) is 14.5. The second-order valence-electron chi connectivity index (χ2n) is 10.4. The normalized spacial score (nSPS) is 36.0. The third-order valence-electron chi connectivity index (χ3n) is 8.13. The molecule has 0 spiro atoms. The molecule has 2 heteroatoms. The summed E-state index contributed by atoms with van der Waals surface area (Å²) in [5.74, 6) is 6.74. The number of nitrogens with two attached hydrogens (primary N) is 1. The minimum absolute atomic E-state index is 0.0613. The fraction of sp³-hybridized carbons (Fsp3) is 0.727. The lowest BCUT2D eigenvalue weighted by Crippen LogP contribution is -2.59. The van der Waals surface area contributed by atoms with Gasteiger partial charge in [-0.25, -0.2) is 5.84 Å². The summed E-state index contributed by atoms with van der Waals surface area (Å²) < 4.78 is 0. The fourth-order valence-electron chi connectivity index (χ4n) is 5.81. The lowest BCUT2D eigenvalue weighted by atomic mass is 9.59. The van der Waals surface area contributed by atoms with Crippen LogP contribution >= 0.6 is 0 Å². The van der Waals surface area contributed by atoms with Gasteiger partial charge in [-0.3, -0.25) is 0 Å². The van der Waals surface area contributed by atoms with Crippen molar-refractivity contribution >= 4 is 5.69 Å². The molecule has 4 rings (SSSR count). The first-order valence-corrected chi connectivity index (χ1v) is 9.77. The largest absolute Gasteiger partial charge is 0.304 e. The number of hydrogen-bond donors (Lipinski definition) is 1. The van der Waals surface area contributed by atoms with Gasteiger partial charge in [0.25, 0.3) is 0 Å². The van der Waals surface area contributed by atoms with E-state index in [9.17, 15) is 0 Å². The summed E-state index contributed by atoms with van der Waals surface area (Å²) >= 11 is 0. The van der Waals surface area contributed by atoms with Crippen LogP contribution in [-0.2, 0) is 16.2 Å². The Morgan fingerprint density at radius 2 is 1.29 bits per heavy atom. The zero-order valence-electron chi connectivity index (χ0n) is 16.4. The van der Waals surface area contributed by atoms with Gasteiger partial charge in [-0.05, 0) is 66.2 Å². The predicted molar refractivity (Wildman–Crippen MR) is 103 cm³/mol. The average Bonchev–Trinajstić information content (AvgIpc) is 2.69. The van der Waals surface area contributed by atoms with Gasteiger partial charge in [0, 0.05) is 5.41 Å². The SMILES string of the molecule is CC1(C)CCC(C)(C)c2cc3c(cc21)N(N)C1(C)CCCCC31C. The molecule has 0 bridgehead atoms. The van der Waals surface area contributed by atoms with Gasteiger partial charge < -0.3 is 5.01 Å². The van der Waals surface area contributed by atoms with Crippen LogP contribution in [0.3, 0.4) is 0 Å². The van der Waals surface area contributed by atoms with Crippen LogP contribution in [-0.4, -0.2) is 5.54 Å². The minimum Gasteiger partial charge on any atom is -0.304 e. The van der Waals surface area contributed by atoms with E-state index < -0.39 is 0 Å². The van der Waals surface area contributed by atoms with Crippen molar-refractivity contribution in [2.24, 2.45) is 5.84 Å². The number of hydrazine groups is 1. The van der Waals surface area contributed by atoms with E-state index >= 15 is 0 Å². The average molecular weight is 327 g/mol. The van der Waals surface area contributed by atoms with Crippen molar-refractivity contribution in [3.8, 4) is 0 Å². The second kappa shape index (κ2) is 4.58. The van der Waals surface area contributed by atoms with E-state index in [0.29, 0.717) is 0 Å². The molecule has 0 aromatic heterocycles. The van der Waals surface area contributed by atoms with Crippen LogP contribution in [0.25, 0.3) is 0 Å². The topological polar surface area (TPSA) is 29.3 Å². The van der Waals surface area contributed by atoms with Gasteiger partial charge in [-0.1, -0.05) is 53.5 Å². The molecule has 1 aromatic carbocycles. The van der Waals surface area contributed by atoms with Crippen LogP contribution < -0.4 is 10.9 Å². The zero-order valence-corrected chi connectivity index (χ0v) is 16.4. The van der Waals surface area contributed by atoms with Gasteiger partial charge in [0.05, 0.1) is 11.2 Å². The number of rotatable bonds is 0. The van der Waals surface area contributed by atoms with Crippen LogP contribution in [0.2, 0.25) is 0 Å². The van der Waals surface area contributed by atoms with E-state index in [1.165, 1.54) is 55.3 Å².